The molecule has 0 aliphatic carbocycles. The lowest BCUT2D eigenvalue weighted by Gasteiger charge is -2.44. The molecule has 1 saturated heterocycles. The summed E-state index contributed by atoms with van der Waals surface area (Å²) < 4.78 is 33.4. The van der Waals surface area contributed by atoms with Gasteiger partial charge in [0.2, 0.25) is 5.91 Å². The van der Waals surface area contributed by atoms with Gasteiger partial charge in [0, 0.05) is 45.4 Å². The molecule has 6 nitrogen and oxygen atoms in total. The molecule has 5 rings (SSSR count). The van der Waals surface area contributed by atoms with Gasteiger partial charge in [-0.15, -0.1) is 0 Å². The molecule has 2 atom stereocenters. The number of para-hydroxylation sites is 1. The van der Waals surface area contributed by atoms with E-state index in [-0.39, 0.29) is 30.0 Å². The van der Waals surface area contributed by atoms with Crippen molar-refractivity contribution >= 4 is 17.5 Å². The van der Waals surface area contributed by atoms with E-state index in [1.807, 2.05) is 17.0 Å². The molecule has 0 unspecified atom stereocenters. The fraction of sp³-hybridized carbons (Fsp3) is 0.310. The summed E-state index contributed by atoms with van der Waals surface area (Å²) in [5.41, 5.74) is 2.36. The lowest BCUT2D eigenvalue weighted by atomic mass is 9.78. The van der Waals surface area contributed by atoms with Crippen molar-refractivity contribution in [3.8, 4) is 0 Å². The number of methoxy groups -OCH3 is 1. The number of piperazine rings is 1. The molecule has 0 aromatic heterocycles. The Kier molecular flexibility index (Phi) is 7.19. The molecule has 0 bridgehead atoms. The SMILES string of the molecule is COCCN1C(=O)c2ccccc2[C@H](C(=O)N2CCN(c3ccccc3F)CC2)[C@H]1c1ccc(F)cc1. The van der Waals surface area contributed by atoms with Crippen molar-refractivity contribution in [3.63, 3.8) is 0 Å². The molecule has 0 spiro atoms. The Balaban J connectivity index is 1.49. The van der Waals surface area contributed by atoms with Crippen LogP contribution in [0.1, 0.15) is 33.4 Å². The zero-order valence-electron chi connectivity index (χ0n) is 20.6. The number of hydrogen-bond acceptors (Lipinski definition) is 4. The van der Waals surface area contributed by atoms with Crippen molar-refractivity contribution in [2.75, 3.05) is 51.3 Å². The minimum absolute atomic E-state index is 0.107. The predicted octanol–water partition coefficient (Wildman–Crippen LogP) is 4.24. The van der Waals surface area contributed by atoms with Crippen LogP contribution < -0.4 is 4.90 Å². The van der Waals surface area contributed by atoms with Gasteiger partial charge < -0.3 is 19.4 Å². The van der Waals surface area contributed by atoms with E-state index in [9.17, 15) is 18.4 Å². The zero-order valence-corrected chi connectivity index (χ0v) is 20.6. The smallest absolute Gasteiger partial charge is 0.254 e. The maximum atomic E-state index is 14.3. The maximum absolute atomic E-state index is 14.3. The molecule has 0 saturated carbocycles. The number of halogens is 2. The summed E-state index contributed by atoms with van der Waals surface area (Å²) in [5, 5.41) is 0. The van der Waals surface area contributed by atoms with E-state index in [4.69, 9.17) is 4.74 Å². The van der Waals surface area contributed by atoms with Gasteiger partial charge in [-0.25, -0.2) is 8.78 Å². The lowest BCUT2D eigenvalue weighted by Crippen LogP contribution is -2.54. The van der Waals surface area contributed by atoms with Crippen LogP contribution in [0.2, 0.25) is 0 Å². The summed E-state index contributed by atoms with van der Waals surface area (Å²) >= 11 is 0. The molecule has 2 aliphatic rings. The highest BCUT2D eigenvalue weighted by atomic mass is 19.1. The van der Waals surface area contributed by atoms with Crippen molar-refractivity contribution in [1.82, 2.24) is 9.80 Å². The monoisotopic (exact) mass is 505 g/mol. The van der Waals surface area contributed by atoms with Crippen molar-refractivity contribution in [1.29, 1.82) is 0 Å². The summed E-state index contributed by atoms with van der Waals surface area (Å²) in [6.07, 6.45) is 0. The molecule has 2 aliphatic heterocycles. The fourth-order valence-corrected chi connectivity index (χ4v) is 5.40. The van der Waals surface area contributed by atoms with Crippen molar-refractivity contribution < 1.29 is 23.1 Å². The second-order valence-electron chi connectivity index (χ2n) is 9.32. The molecule has 37 heavy (non-hydrogen) atoms. The average Bonchev–Trinajstić information content (AvgIpc) is 2.93. The molecule has 192 valence electrons. The minimum atomic E-state index is -0.670. The van der Waals surface area contributed by atoms with Gasteiger partial charge in [-0.2, -0.15) is 0 Å². The summed E-state index contributed by atoms with van der Waals surface area (Å²) in [5.74, 6) is -1.63. The van der Waals surface area contributed by atoms with Gasteiger partial charge in [0.05, 0.1) is 24.3 Å². The first-order valence-corrected chi connectivity index (χ1v) is 12.4. The number of rotatable bonds is 6. The summed E-state index contributed by atoms with van der Waals surface area (Å²) in [6.45, 7) is 2.43. The lowest BCUT2D eigenvalue weighted by molar-refractivity contribution is -0.135. The summed E-state index contributed by atoms with van der Waals surface area (Å²) in [4.78, 5) is 33.2. The van der Waals surface area contributed by atoms with Gasteiger partial charge in [0.15, 0.2) is 0 Å². The zero-order chi connectivity index (χ0) is 25.9. The van der Waals surface area contributed by atoms with Gasteiger partial charge in [-0.05, 0) is 41.5 Å². The van der Waals surface area contributed by atoms with Gasteiger partial charge in [-0.1, -0.05) is 42.5 Å². The number of carbonyl (C=O) groups excluding carboxylic acids is 2. The van der Waals surface area contributed by atoms with Gasteiger partial charge in [0.25, 0.3) is 5.91 Å². The third-order valence-electron chi connectivity index (χ3n) is 7.24. The Morgan fingerprint density at radius 3 is 2.30 bits per heavy atom. The number of benzene rings is 3. The van der Waals surface area contributed by atoms with Crippen LogP contribution >= 0.6 is 0 Å². The maximum Gasteiger partial charge on any atom is 0.254 e. The van der Waals surface area contributed by atoms with Crippen LogP contribution in [0.3, 0.4) is 0 Å². The molecule has 1 fully saturated rings. The van der Waals surface area contributed by atoms with Crippen LogP contribution in [0.25, 0.3) is 0 Å². The second kappa shape index (κ2) is 10.7. The molecule has 3 aromatic rings. The molecule has 3 aromatic carbocycles. The highest BCUT2D eigenvalue weighted by molar-refractivity contribution is 6.01. The van der Waals surface area contributed by atoms with E-state index >= 15 is 0 Å². The Morgan fingerprint density at radius 2 is 1.59 bits per heavy atom. The van der Waals surface area contributed by atoms with Gasteiger partial charge >= 0.3 is 0 Å². The van der Waals surface area contributed by atoms with Crippen LogP contribution in [0.5, 0.6) is 0 Å². The first kappa shape index (κ1) is 24.9. The van der Waals surface area contributed by atoms with E-state index < -0.39 is 12.0 Å². The Bertz CT molecular complexity index is 1280. The first-order valence-electron chi connectivity index (χ1n) is 12.4. The van der Waals surface area contributed by atoms with E-state index in [1.165, 1.54) is 18.2 Å². The van der Waals surface area contributed by atoms with Gasteiger partial charge in [0.1, 0.15) is 11.6 Å². The minimum Gasteiger partial charge on any atom is -0.383 e. The largest absolute Gasteiger partial charge is 0.383 e. The molecule has 0 N–H and O–H groups in total. The number of hydrogen-bond donors (Lipinski definition) is 0. The molecule has 8 heteroatoms. The second-order valence-corrected chi connectivity index (χ2v) is 9.32. The number of carbonyl (C=O) groups is 2. The summed E-state index contributed by atoms with van der Waals surface area (Å²) in [6, 6.07) is 19.2. The quantitative estimate of drug-likeness (QED) is 0.503. The van der Waals surface area contributed by atoms with Crippen LogP contribution in [-0.4, -0.2) is 68.1 Å². The predicted molar refractivity (Wildman–Crippen MR) is 136 cm³/mol. The third-order valence-corrected chi connectivity index (χ3v) is 7.24. The molecule has 2 heterocycles. The van der Waals surface area contributed by atoms with E-state index in [0.29, 0.717) is 55.2 Å². The Labute approximate surface area is 215 Å². The highest BCUT2D eigenvalue weighted by Crippen LogP contribution is 2.43. The Morgan fingerprint density at radius 1 is 0.919 bits per heavy atom. The van der Waals surface area contributed by atoms with Gasteiger partial charge in [-0.3, -0.25) is 9.59 Å². The van der Waals surface area contributed by atoms with Crippen molar-refractivity contribution in [3.05, 3.63) is 101 Å². The van der Waals surface area contributed by atoms with Crippen molar-refractivity contribution in [2.45, 2.75) is 12.0 Å². The molecular formula is C29H29F2N3O3. The van der Waals surface area contributed by atoms with Crippen molar-refractivity contribution in [2.24, 2.45) is 0 Å². The van der Waals surface area contributed by atoms with E-state index in [1.54, 1.807) is 59.4 Å². The number of ether oxygens (including phenoxy) is 1. The fourth-order valence-electron chi connectivity index (χ4n) is 5.40. The number of anilines is 1. The molecule has 0 radical (unpaired) electrons. The Hall–Kier alpha value is -3.78. The summed E-state index contributed by atoms with van der Waals surface area (Å²) in [7, 11) is 1.56. The van der Waals surface area contributed by atoms with Crippen LogP contribution in [0, 0.1) is 11.6 Å². The normalized spacial score (nSPS) is 19.6. The number of nitrogens with zero attached hydrogens (tertiary/aromatic N) is 3. The number of amides is 2. The van der Waals surface area contributed by atoms with E-state index in [0.717, 1.165) is 0 Å². The molecule has 2 amide bonds. The van der Waals surface area contributed by atoms with Crippen LogP contribution in [0.4, 0.5) is 14.5 Å². The van der Waals surface area contributed by atoms with Crippen LogP contribution in [-0.2, 0) is 9.53 Å². The third kappa shape index (κ3) is 4.81. The topological polar surface area (TPSA) is 53.1 Å². The first-order chi connectivity index (χ1) is 18.0. The van der Waals surface area contributed by atoms with E-state index in [2.05, 4.69) is 0 Å². The molecular weight excluding hydrogens is 476 g/mol. The highest BCUT2D eigenvalue weighted by Gasteiger charge is 2.45. The average molecular weight is 506 g/mol. The van der Waals surface area contributed by atoms with Crippen LogP contribution in [0.15, 0.2) is 72.8 Å². The number of fused-ring (bicyclic) bond motifs is 1. The standard InChI is InChI=1S/C29H29F2N3O3/c1-37-19-18-34-27(20-10-12-21(30)13-11-20)26(22-6-2-3-7-23(22)28(34)35)29(36)33-16-14-32(15-17-33)25-9-5-4-8-24(25)31/h2-13,26-27H,14-19H2,1H3/t26-,27+/m0/s1.